The van der Waals surface area contributed by atoms with E-state index >= 15 is 0 Å². The number of hydrogen-bond donors (Lipinski definition) is 1. The van der Waals surface area contributed by atoms with Crippen LogP contribution in [0, 0.1) is 0 Å². The van der Waals surface area contributed by atoms with Gasteiger partial charge in [0.05, 0.1) is 0 Å². The molecular formula is C13H16O2. The molecule has 0 heterocycles. The fourth-order valence-electron chi connectivity index (χ4n) is 0.781. The van der Waals surface area contributed by atoms with Crippen molar-refractivity contribution in [2.24, 2.45) is 0 Å². The molecule has 1 aromatic carbocycles. The lowest BCUT2D eigenvalue weighted by Gasteiger charge is -1.91. The van der Waals surface area contributed by atoms with Crippen molar-refractivity contribution in [3.8, 4) is 0 Å². The van der Waals surface area contributed by atoms with E-state index in [2.05, 4.69) is 25.3 Å². The maximum Gasteiger partial charge on any atom is 0.330 e. The molecule has 0 unspecified atom stereocenters. The van der Waals surface area contributed by atoms with E-state index in [0.29, 0.717) is 0 Å². The zero-order valence-electron chi connectivity index (χ0n) is 8.94. The minimum atomic E-state index is -0.935. The minimum Gasteiger partial charge on any atom is -0.478 e. The molecular weight excluding hydrogens is 188 g/mol. The number of carboxylic acid groups (broad SMARTS) is 1. The Kier molecular flexibility index (Phi) is 6.64. The maximum atomic E-state index is 9.60. The third-order valence-electron chi connectivity index (χ3n) is 1.59. The van der Waals surface area contributed by atoms with Crippen molar-refractivity contribution >= 4 is 5.97 Å². The molecule has 0 aliphatic heterocycles. The summed E-state index contributed by atoms with van der Waals surface area (Å²) < 4.78 is 0. The molecule has 0 atom stereocenters. The summed E-state index contributed by atoms with van der Waals surface area (Å²) in [5, 5.41) is 7.89. The molecule has 0 aromatic heterocycles. The Labute approximate surface area is 90.6 Å². The highest BCUT2D eigenvalue weighted by Gasteiger charge is 1.90. The number of rotatable bonds is 3. The van der Waals surface area contributed by atoms with Crippen LogP contribution >= 0.6 is 0 Å². The van der Waals surface area contributed by atoms with Crippen LogP contribution in [0.4, 0.5) is 0 Å². The Bertz CT molecular complexity index is 314. The predicted octanol–water partition coefficient (Wildman–Crippen LogP) is 3.06. The minimum absolute atomic E-state index is 0.176. The van der Waals surface area contributed by atoms with Crippen molar-refractivity contribution in [3.05, 3.63) is 60.7 Å². The fourth-order valence-corrected chi connectivity index (χ4v) is 0.781. The quantitative estimate of drug-likeness (QED) is 0.607. The molecule has 0 amide bonds. The molecule has 2 nitrogen and oxygen atoms in total. The van der Waals surface area contributed by atoms with Gasteiger partial charge in [-0.15, -0.1) is 6.58 Å². The Balaban J connectivity index is 0.000000288. The van der Waals surface area contributed by atoms with Gasteiger partial charge in [0.25, 0.3) is 0 Å². The SMILES string of the molecule is C=C(C)C(=O)O.C=CCc1ccccc1. The van der Waals surface area contributed by atoms with Gasteiger partial charge in [0.2, 0.25) is 0 Å². The summed E-state index contributed by atoms with van der Waals surface area (Å²) in [4.78, 5) is 9.60. The highest BCUT2D eigenvalue weighted by molar-refractivity contribution is 5.84. The average Bonchev–Trinajstić information content (AvgIpc) is 2.20. The normalized spacial score (nSPS) is 8.33. The molecule has 0 aliphatic rings. The molecule has 15 heavy (non-hydrogen) atoms. The van der Waals surface area contributed by atoms with Crippen LogP contribution in [0.2, 0.25) is 0 Å². The van der Waals surface area contributed by atoms with Crippen molar-refractivity contribution < 1.29 is 9.90 Å². The van der Waals surface area contributed by atoms with Crippen molar-refractivity contribution in [3.63, 3.8) is 0 Å². The Hall–Kier alpha value is -1.83. The zero-order valence-corrected chi connectivity index (χ0v) is 8.94. The summed E-state index contributed by atoms with van der Waals surface area (Å²) in [6.07, 6.45) is 2.89. The largest absolute Gasteiger partial charge is 0.478 e. The van der Waals surface area contributed by atoms with E-state index in [0.717, 1.165) is 6.42 Å². The molecule has 0 radical (unpaired) electrons. The molecule has 0 bridgehead atoms. The lowest BCUT2D eigenvalue weighted by molar-refractivity contribution is -0.132. The van der Waals surface area contributed by atoms with Crippen LogP contribution in [-0.2, 0) is 11.2 Å². The van der Waals surface area contributed by atoms with Crippen LogP contribution in [0.5, 0.6) is 0 Å². The van der Waals surface area contributed by atoms with Crippen LogP contribution < -0.4 is 0 Å². The second-order valence-corrected chi connectivity index (χ2v) is 3.06. The first kappa shape index (κ1) is 13.2. The van der Waals surface area contributed by atoms with Crippen molar-refractivity contribution in [2.45, 2.75) is 13.3 Å². The lowest BCUT2D eigenvalue weighted by atomic mass is 10.2. The van der Waals surface area contributed by atoms with Gasteiger partial charge in [-0.2, -0.15) is 0 Å². The van der Waals surface area contributed by atoms with Crippen molar-refractivity contribution in [2.75, 3.05) is 0 Å². The number of carbonyl (C=O) groups is 1. The second kappa shape index (κ2) is 7.56. The number of benzene rings is 1. The number of carboxylic acids is 1. The van der Waals surface area contributed by atoms with Gasteiger partial charge in [-0.25, -0.2) is 4.79 Å². The first-order valence-corrected chi connectivity index (χ1v) is 4.61. The molecule has 1 rings (SSSR count). The molecule has 0 aliphatic carbocycles. The third-order valence-corrected chi connectivity index (χ3v) is 1.59. The van der Waals surface area contributed by atoms with E-state index in [1.165, 1.54) is 12.5 Å². The van der Waals surface area contributed by atoms with Crippen molar-refractivity contribution in [1.82, 2.24) is 0 Å². The molecule has 2 heteroatoms. The molecule has 0 fully saturated rings. The van der Waals surface area contributed by atoms with Gasteiger partial charge < -0.3 is 5.11 Å². The smallest absolute Gasteiger partial charge is 0.330 e. The summed E-state index contributed by atoms with van der Waals surface area (Å²) in [6, 6.07) is 10.3. The monoisotopic (exact) mass is 204 g/mol. The van der Waals surface area contributed by atoms with Crippen LogP contribution in [0.15, 0.2) is 55.1 Å². The van der Waals surface area contributed by atoms with E-state index in [-0.39, 0.29) is 5.57 Å². The Morgan fingerprint density at radius 1 is 1.40 bits per heavy atom. The number of allylic oxidation sites excluding steroid dienone is 1. The van der Waals surface area contributed by atoms with Gasteiger partial charge >= 0.3 is 5.97 Å². The summed E-state index contributed by atoms with van der Waals surface area (Å²) in [7, 11) is 0. The van der Waals surface area contributed by atoms with Crippen LogP contribution in [0.25, 0.3) is 0 Å². The van der Waals surface area contributed by atoms with Gasteiger partial charge in [-0.05, 0) is 18.9 Å². The lowest BCUT2D eigenvalue weighted by Crippen LogP contribution is -1.92. The molecule has 1 aromatic rings. The highest BCUT2D eigenvalue weighted by atomic mass is 16.4. The summed E-state index contributed by atoms with van der Waals surface area (Å²) in [5.41, 5.74) is 1.50. The van der Waals surface area contributed by atoms with Gasteiger partial charge in [-0.3, -0.25) is 0 Å². The molecule has 1 N–H and O–H groups in total. The van der Waals surface area contributed by atoms with Gasteiger partial charge in [0.15, 0.2) is 0 Å². The summed E-state index contributed by atoms with van der Waals surface area (Å²) >= 11 is 0. The number of aliphatic carboxylic acids is 1. The number of hydrogen-bond acceptors (Lipinski definition) is 1. The summed E-state index contributed by atoms with van der Waals surface area (Å²) in [6.45, 7) is 8.26. The first-order chi connectivity index (χ1) is 7.07. The third kappa shape index (κ3) is 7.26. The Morgan fingerprint density at radius 3 is 2.20 bits per heavy atom. The van der Waals surface area contributed by atoms with Gasteiger partial charge in [-0.1, -0.05) is 43.0 Å². The van der Waals surface area contributed by atoms with Crippen LogP contribution in [0.1, 0.15) is 12.5 Å². The fraction of sp³-hybridized carbons (Fsp3) is 0.154. The molecule has 0 spiro atoms. The predicted molar refractivity (Wildman–Crippen MR) is 62.8 cm³/mol. The Morgan fingerprint density at radius 2 is 1.87 bits per heavy atom. The first-order valence-electron chi connectivity index (χ1n) is 4.61. The standard InChI is InChI=1S/C9H10.C4H6O2/c1-2-6-9-7-4-3-5-8-9;1-3(2)4(5)6/h2-5,7-8H,1,6H2;1H2,2H3,(H,5,6). The second-order valence-electron chi connectivity index (χ2n) is 3.06. The van der Waals surface area contributed by atoms with Crippen LogP contribution in [-0.4, -0.2) is 11.1 Å². The summed E-state index contributed by atoms with van der Waals surface area (Å²) in [5.74, 6) is -0.935. The molecule has 80 valence electrons. The van der Waals surface area contributed by atoms with Gasteiger partial charge in [0.1, 0.15) is 0 Å². The highest BCUT2D eigenvalue weighted by Crippen LogP contribution is 1.98. The van der Waals surface area contributed by atoms with E-state index in [1.54, 1.807) is 0 Å². The van der Waals surface area contributed by atoms with E-state index in [9.17, 15) is 4.79 Å². The van der Waals surface area contributed by atoms with Crippen molar-refractivity contribution in [1.29, 1.82) is 0 Å². The topological polar surface area (TPSA) is 37.3 Å². The zero-order chi connectivity index (χ0) is 11.7. The van der Waals surface area contributed by atoms with E-state index in [1.807, 2.05) is 24.3 Å². The average molecular weight is 204 g/mol. The molecule has 0 saturated heterocycles. The van der Waals surface area contributed by atoms with E-state index < -0.39 is 5.97 Å². The maximum absolute atomic E-state index is 9.60. The van der Waals surface area contributed by atoms with Crippen LogP contribution in [0.3, 0.4) is 0 Å². The molecule has 0 saturated carbocycles. The van der Waals surface area contributed by atoms with Gasteiger partial charge in [0, 0.05) is 5.57 Å². The van der Waals surface area contributed by atoms with E-state index in [4.69, 9.17) is 5.11 Å².